The van der Waals surface area contributed by atoms with Crippen LogP contribution in [0.2, 0.25) is 10.0 Å². The van der Waals surface area contributed by atoms with Crippen molar-refractivity contribution in [3.05, 3.63) is 63.6 Å². The Hall–Kier alpha value is -2.24. The lowest BCUT2D eigenvalue weighted by molar-refractivity contribution is -0.142. The molecule has 0 amide bonds. The molecule has 0 aromatic heterocycles. The van der Waals surface area contributed by atoms with Gasteiger partial charge in [0.1, 0.15) is 5.84 Å². The normalized spacial score (nSPS) is 13.1. The Balaban J connectivity index is 2.46. The Labute approximate surface area is 149 Å². The highest BCUT2D eigenvalue weighted by atomic mass is 35.5. The lowest BCUT2D eigenvalue weighted by Crippen LogP contribution is -2.43. The summed E-state index contributed by atoms with van der Waals surface area (Å²) in [4.78, 5) is 12.0. The first-order valence-corrected chi connectivity index (χ1v) is 7.97. The number of hydrogen-bond donors (Lipinski definition) is 4. The van der Waals surface area contributed by atoms with E-state index >= 15 is 0 Å². The van der Waals surface area contributed by atoms with Crippen LogP contribution in [0.25, 0.3) is 0 Å². The van der Waals surface area contributed by atoms with Gasteiger partial charge in [0.2, 0.25) is 0 Å². The van der Waals surface area contributed by atoms with Crippen molar-refractivity contribution in [1.29, 1.82) is 5.41 Å². The second kappa shape index (κ2) is 7.11. The number of benzene rings is 2. The zero-order valence-corrected chi connectivity index (χ0v) is 14.4. The summed E-state index contributed by atoms with van der Waals surface area (Å²) in [6, 6.07) is 11.4. The van der Waals surface area contributed by atoms with Crippen molar-refractivity contribution in [3.63, 3.8) is 0 Å². The van der Waals surface area contributed by atoms with Crippen molar-refractivity contribution in [1.82, 2.24) is 0 Å². The van der Waals surface area contributed by atoms with E-state index in [2.05, 4.69) is 5.32 Å². The molecule has 0 aliphatic rings. The monoisotopic (exact) mass is 365 g/mol. The van der Waals surface area contributed by atoms with Gasteiger partial charge in [-0.05, 0) is 48.4 Å². The van der Waals surface area contributed by atoms with E-state index in [0.717, 1.165) is 0 Å². The SMILES string of the molecule is CCC(Nc1ccc(C(=N)N)cc1)(C(=O)O)c1ccc(Cl)c(Cl)c1. The first kappa shape index (κ1) is 18.1. The third kappa shape index (κ3) is 3.47. The van der Waals surface area contributed by atoms with Crippen molar-refractivity contribution < 1.29 is 9.90 Å². The number of nitrogens with two attached hydrogens (primary N) is 1. The van der Waals surface area contributed by atoms with Crippen LogP contribution in [0.4, 0.5) is 5.69 Å². The van der Waals surface area contributed by atoms with E-state index in [1.807, 2.05) is 0 Å². The number of amidine groups is 1. The Kier molecular flexibility index (Phi) is 5.36. The number of nitrogen functional groups attached to an aromatic ring is 1. The fourth-order valence-electron chi connectivity index (χ4n) is 2.43. The molecule has 126 valence electrons. The fourth-order valence-corrected chi connectivity index (χ4v) is 2.73. The van der Waals surface area contributed by atoms with Crippen molar-refractivity contribution in [3.8, 4) is 0 Å². The van der Waals surface area contributed by atoms with E-state index in [1.54, 1.807) is 49.4 Å². The number of anilines is 1. The Morgan fingerprint density at radius 3 is 2.29 bits per heavy atom. The topological polar surface area (TPSA) is 99.2 Å². The molecular weight excluding hydrogens is 349 g/mol. The third-order valence-corrected chi connectivity index (χ3v) is 4.60. The van der Waals surface area contributed by atoms with E-state index in [9.17, 15) is 9.90 Å². The molecule has 0 spiro atoms. The van der Waals surface area contributed by atoms with E-state index < -0.39 is 11.5 Å². The molecule has 5 N–H and O–H groups in total. The van der Waals surface area contributed by atoms with Gasteiger partial charge in [0.25, 0.3) is 0 Å². The van der Waals surface area contributed by atoms with Crippen LogP contribution >= 0.6 is 23.2 Å². The van der Waals surface area contributed by atoms with E-state index in [-0.39, 0.29) is 12.3 Å². The molecule has 2 aromatic carbocycles. The van der Waals surface area contributed by atoms with Crippen LogP contribution in [0, 0.1) is 5.41 Å². The molecule has 0 radical (unpaired) electrons. The summed E-state index contributed by atoms with van der Waals surface area (Å²) in [7, 11) is 0. The summed E-state index contributed by atoms with van der Waals surface area (Å²) in [5, 5.41) is 21.0. The highest BCUT2D eigenvalue weighted by Crippen LogP contribution is 2.34. The van der Waals surface area contributed by atoms with Gasteiger partial charge in [-0.25, -0.2) is 4.79 Å². The van der Waals surface area contributed by atoms with Gasteiger partial charge in [0.05, 0.1) is 10.0 Å². The minimum atomic E-state index is -1.36. The molecule has 0 heterocycles. The first-order valence-electron chi connectivity index (χ1n) is 7.21. The number of carboxylic acid groups (broad SMARTS) is 1. The van der Waals surface area contributed by atoms with Crippen LogP contribution in [-0.2, 0) is 10.3 Å². The Bertz CT molecular complexity index is 778. The number of carboxylic acids is 1. The molecule has 5 nitrogen and oxygen atoms in total. The minimum absolute atomic E-state index is 0.0500. The molecular formula is C17H17Cl2N3O2. The highest BCUT2D eigenvalue weighted by Gasteiger charge is 2.39. The van der Waals surface area contributed by atoms with Gasteiger partial charge in [-0.2, -0.15) is 0 Å². The highest BCUT2D eigenvalue weighted by molar-refractivity contribution is 6.42. The summed E-state index contributed by atoms with van der Waals surface area (Å²) in [6.45, 7) is 1.77. The molecule has 1 atom stereocenters. The molecule has 0 aliphatic heterocycles. The summed E-state index contributed by atoms with van der Waals surface area (Å²) in [5.74, 6) is -1.08. The lowest BCUT2D eigenvalue weighted by Gasteiger charge is -2.31. The molecule has 0 bridgehead atoms. The van der Waals surface area contributed by atoms with Crippen molar-refractivity contribution >= 4 is 40.7 Å². The standard InChI is InChI=1S/C17H17Cl2N3O2/c1-2-17(16(23)24,11-5-8-13(18)14(19)9-11)22-12-6-3-10(4-7-12)15(20)21/h3-9,22H,2H2,1H3,(H3,20,21)(H,23,24). The maximum atomic E-state index is 12.0. The number of aliphatic carboxylic acids is 1. The van der Waals surface area contributed by atoms with Gasteiger partial charge in [-0.15, -0.1) is 0 Å². The summed E-state index contributed by atoms with van der Waals surface area (Å²) >= 11 is 12.0. The molecule has 24 heavy (non-hydrogen) atoms. The average Bonchev–Trinajstić information content (AvgIpc) is 2.55. The second-order valence-corrected chi connectivity index (χ2v) is 6.12. The summed E-state index contributed by atoms with van der Waals surface area (Å²) in [6.07, 6.45) is 0.286. The number of halogens is 2. The number of rotatable bonds is 6. The lowest BCUT2D eigenvalue weighted by atomic mass is 9.86. The van der Waals surface area contributed by atoms with Gasteiger partial charge in [0.15, 0.2) is 5.54 Å². The molecule has 0 aliphatic carbocycles. The van der Waals surface area contributed by atoms with Gasteiger partial charge in [0, 0.05) is 11.3 Å². The minimum Gasteiger partial charge on any atom is -0.479 e. The summed E-state index contributed by atoms with van der Waals surface area (Å²) in [5.41, 5.74) is 5.73. The largest absolute Gasteiger partial charge is 0.479 e. The van der Waals surface area contributed by atoms with Crippen LogP contribution in [0.15, 0.2) is 42.5 Å². The average molecular weight is 366 g/mol. The van der Waals surface area contributed by atoms with E-state index in [4.69, 9.17) is 34.3 Å². The molecule has 2 rings (SSSR count). The molecule has 0 fully saturated rings. The Morgan fingerprint density at radius 2 is 1.83 bits per heavy atom. The predicted octanol–water partition coefficient (Wildman–Crippen LogP) is 4.08. The van der Waals surface area contributed by atoms with Crippen LogP contribution in [0.3, 0.4) is 0 Å². The van der Waals surface area contributed by atoms with Crippen molar-refractivity contribution in [2.75, 3.05) is 5.32 Å². The molecule has 0 saturated carbocycles. The fraction of sp³-hybridized carbons (Fsp3) is 0.176. The van der Waals surface area contributed by atoms with Crippen LogP contribution in [0.5, 0.6) is 0 Å². The number of hydrogen-bond acceptors (Lipinski definition) is 3. The zero-order chi connectivity index (χ0) is 17.9. The quantitative estimate of drug-likeness (QED) is 0.457. The predicted molar refractivity (Wildman–Crippen MR) is 97.1 cm³/mol. The van der Waals surface area contributed by atoms with Crippen LogP contribution in [0.1, 0.15) is 24.5 Å². The molecule has 2 aromatic rings. The van der Waals surface area contributed by atoms with Crippen LogP contribution < -0.4 is 11.1 Å². The Morgan fingerprint density at radius 1 is 1.21 bits per heavy atom. The molecule has 0 saturated heterocycles. The smallest absolute Gasteiger partial charge is 0.334 e. The number of nitrogens with one attached hydrogen (secondary N) is 2. The molecule has 7 heteroatoms. The first-order chi connectivity index (χ1) is 11.3. The summed E-state index contributed by atoms with van der Waals surface area (Å²) < 4.78 is 0. The maximum absolute atomic E-state index is 12.0. The van der Waals surface area contributed by atoms with Crippen molar-refractivity contribution in [2.24, 2.45) is 5.73 Å². The van der Waals surface area contributed by atoms with Gasteiger partial charge >= 0.3 is 5.97 Å². The van der Waals surface area contributed by atoms with Gasteiger partial charge in [-0.3, -0.25) is 5.41 Å². The van der Waals surface area contributed by atoms with E-state index in [0.29, 0.717) is 26.9 Å². The van der Waals surface area contributed by atoms with E-state index in [1.165, 1.54) is 0 Å². The number of carbonyl (C=O) groups is 1. The van der Waals surface area contributed by atoms with Gasteiger partial charge < -0.3 is 16.2 Å². The second-order valence-electron chi connectivity index (χ2n) is 5.31. The molecule has 1 unspecified atom stereocenters. The maximum Gasteiger partial charge on any atom is 0.334 e. The van der Waals surface area contributed by atoms with Crippen molar-refractivity contribution in [2.45, 2.75) is 18.9 Å². The zero-order valence-electron chi connectivity index (χ0n) is 12.9. The van der Waals surface area contributed by atoms with Crippen LogP contribution in [-0.4, -0.2) is 16.9 Å². The van der Waals surface area contributed by atoms with Gasteiger partial charge in [-0.1, -0.05) is 36.2 Å². The third-order valence-electron chi connectivity index (χ3n) is 3.86.